The predicted octanol–water partition coefficient (Wildman–Crippen LogP) is 29.2. The normalized spacial score (nSPS) is 12.8. The van der Waals surface area contributed by atoms with Gasteiger partial charge in [0.15, 0.2) is 6.10 Å². The molecule has 1 atom stereocenters. The molecule has 0 fully saturated rings. The third kappa shape index (κ3) is 80.7. The maximum absolute atomic E-state index is 12.4. The molecule has 0 aromatic heterocycles. The van der Waals surface area contributed by atoms with E-state index in [4.69, 9.17) is 9.47 Å². The van der Waals surface area contributed by atoms with Gasteiger partial charge in [-0.3, -0.25) is 9.59 Å². The molecule has 0 aliphatic heterocycles. The molecular formula is C89H156O5. The molecule has 0 heterocycles. The first-order valence-electron chi connectivity index (χ1n) is 41.1. The Morgan fingerprint density at radius 3 is 0.691 bits per heavy atom. The van der Waals surface area contributed by atoms with Crippen LogP contribution in [0.25, 0.3) is 0 Å². The van der Waals surface area contributed by atoms with Crippen molar-refractivity contribution in [3.05, 3.63) is 122 Å². The van der Waals surface area contributed by atoms with Crippen LogP contribution in [-0.4, -0.2) is 36.4 Å². The summed E-state index contributed by atoms with van der Waals surface area (Å²) in [5.74, 6) is -0.583. The number of allylic oxidation sites excluding steroid dienone is 20. The summed E-state index contributed by atoms with van der Waals surface area (Å²) in [6, 6.07) is 0. The molecule has 0 aromatic rings. The smallest absolute Gasteiger partial charge is 0.306 e. The summed E-state index contributed by atoms with van der Waals surface area (Å²) in [5, 5.41) is 9.73. The minimum absolute atomic E-state index is 0.0685. The van der Waals surface area contributed by atoms with Crippen LogP contribution < -0.4 is 0 Å². The maximum Gasteiger partial charge on any atom is 0.306 e. The molecule has 542 valence electrons. The Morgan fingerprint density at radius 2 is 0.457 bits per heavy atom. The van der Waals surface area contributed by atoms with Crippen LogP contribution in [0.3, 0.4) is 0 Å². The van der Waals surface area contributed by atoms with E-state index < -0.39 is 6.10 Å². The molecule has 0 saturated heterocycles. The molecule has 0 aliphatic rings. The number of esters is 2. The highest BCUT2D eigenvalue weighted by Gasteiger charge is 2.16. The van der Waals surface area contributed by atoms with Crippen LogP contribution in [0.2, 0.25) is 0 Å². The van der Waals surface area contributed by atoms with E-state index in [0.29, 0.717) is 12.8 Å². The number of rotatable bonds is 76. The lowest BCUT2D eigenvalue weighted by Crippen LogP contribution is -2.28. The van der Waals surface area contributed by atoms with Crippen LogP contribution >= 0.6 is 0 Å². The standard InChI is InChI=1S/C89H156O5/c1-3-5-7-9-11-13-15-17-19-21-23-25-27-29-31-33-35-37-39-41-43-44-46-48-50-52-54-56-58-60-62-64-66-68-70-72-74-76-78-80-82-84-89(92)94-87(85-90)86-93-88(91)83-81-79-77-75-73-71-69-67-65-63-61-59-57-55-53-51-49-47-45-42-40-38-36-34-32-30-28-26-24-22-20-18-16-14-12-10-8-6-4-2/h5,7,11,13,17,19,23,25,29,31,35,37,41,43,46,48,52,54,58,60,87,90H,3-4,6,8-10,12,14-16,18,20-22,24,26-28,30,32-34,36,38-40,42,44-45,47,49-51,53,55-57,59,61-86H2,1-2H3/b7-5-,13-11-,19-17-,25-23-,31-29-,37-35-,43-41-,48-46-,54-52-,60-58-. The molecule has 5 nitrogen and oxygen atoms in total. The van der Waals surface area contributed by atoms with Crippen LogP contribution in [0.5, 0.6) is 0 Å². The zero-order chi connectivity index (χ0) is 67.5. The zero-order valence-corrected chi connectivity index (χ0v) is 62.5. The molecule has 0 radical (unpaired) electrons. The topological polar surface area (TPSA) is 72.8 Å². The molecule has 1 N–H and O–H groups in total. The second kappa shape index (κ2) is 83.5. The molecule has 5 heteroatoms. The summed E-state index contributed by atoms with van der Waals surface area (Å²) < 4.78 is 10.8. The third-order valence-electron chi connectivity index (χ3n) is 18.3. The number of carbonyl (C=O) groups excluding carboxylic acids is 2. The minimum Gasteiger partial charge on any atom is -0.462 e. The van der Waals surface area contributed by atoms with Crippen molar-refractivity contribution in [3.63, 3.8) is 0 Å². The van der Waals surface area contributed by atoms with Crippen molar-refractivity contribution in [3.8, 4) is 0 Å². The van der Waals surface area contributed by atoms with Crippen LogP contribution in [0.4, 0.5) is 0 Å². The van der Waals surface area contributed by atoms with Crippen molar-refractivity contribution in [2.45, 2.75) is 418 Å². The average Bonchev–Trinajstić information content (AvgIpc) is 3.77. The Labute approximate surface area is 585 Å². The molecule has 0 spiro atoms. The second-order valence-corrected chi connectivity index (χ2v) is 27.5. The van der Waals surface area contributed by atoms with Gasteiger partial charge in [0.05, 0.1) is 6.61 Å². The van der Waals surface area contributed by atoms with Crippen LogP contribution in [0.1, 0.15) is 412 Å². The summed E-state index contributed by atoms with van der Waals surface area (Å²) in [4.78, 5) is 24.7. The Kier molecular flexibility index (Phi) is 80.2. The van der Waals surface area contributed by atoms with Gasteiger partial charge in [-0.05, 0) is 89.9 Å². The molecule has 0 bridgehead atoms. The van der Waals surface area contributed by atoms with Gasteiger partial charge >= 0.3 is 11.9 Å². The van der Waals surface area contributed by atoms with Gasteiger partial charge in [-0.1, -0.05) is 431 Å². The van der Waals surface area contributed by atoms with Gasteiger partial charge in [-0.25, -0.2) is 0 Å². The highest BCUT2D eigenvalue weighted by Crippen LogP contribution is 2.19. The fourth-order valence-corrected chi connectivity index (χ4v) is 12.2. The molecular weight excluding hydrogens is 1150 g/mol. The monoisotopic (exact) mass is 1310 g/mol. The van der Waals surface area contributed by atoms with Crippen molar-refractivity contribution < 1.29 is 24.2 Å². The Bertz CT molecular complexity index is 1820. The lowest BCUT2D eigenvalue weighted by atomic mass is 10.0. The molecule has 0 rings (SSSR count). The van der Waals surface area contributed by atoms with Crippen LogP contribution in [-0.2, 0) is 19.1 Å². The lowest BCUT2D eigenvalue weighted by Gasteiger charge is -2.15. The number of hydrogen-bond acceptors (Lipinski definition) is 5. The first-order valence-corrected chi connectivity index (χ1v) is 41.1. The Hall–Kier alpha value is -3.70. The zero-order valence-electron chi connectivity index (χ0n) is 62.5. The van der Waals surface area contributed by atoms with Gasteiger partial charge in [-0.15, -0.1) is 0 Å². The largest absolute Gasteiger partial charge is 0.462 e. The fourth-order valence-electron chi connectivity index (χ4n) is 12.2. The van der Waals surface area contributed by atoms with Gasteiger partial charge < -0.3 is 14.6 Å². The third-order valence-corrected chi connectivity index (χ3v) is 18.3. The summed E-state index contributed by atoms with van der Waals surface area (Å²) >= 11 is 0. The quantitative estimate of drug-likeness (QED) is 0.0373. The number of ether oxygens (including phenoxy) is 2. The molecule has 0 saturated carbocycles. The van der Waals surface area contributed by atoms with Crippen molar-refractivity contribution in [1.29, 1.82) is 0 Å². The highest BCUT2D eigenvalue weighted by atomic mass is 16.6. The number of hydrogen-bond donors (Lipinski definition) is 1. The molecule has 94 heavy (non-hydrogen) atoms. The van der Waals surface area contributed by atoms with Crippen LogP contribution in [0, 0.1) is 0 Å². The van der Waals surface area contributed by atoms with Gasteiger partial charge in [0.2, 0.25) is 0 Å². The van der Waals surface area contributed by atoms with Gasteiger partial charge in [0.25, 0.3) is 0 Å². The van der Waals surface area contributed by atoms with Gasteiger partial charge in [0.1, 0.15) is 6.61 Å². The van der Waals surface area contributed by atoms with E-state index in [9.17, 15) is 14.7 Å². The Morgan fingerprint density at radius 1 is 0.255 bits per heavy atom. The first-order chi connectivity index (χ1) is 46.6. The average molecular weight is 1310 g/mol. The van der Waals surface area contributed by atoms with Crippen molar-refractivity contribution in [2.75, 3.05) is 13.2 Å². The fraction of sp³-hybridized carbons (Fsp3) is 0.753. The van der Waals surface area contributed by atoms with E-state index in [1.807, 2.05) is 0 Å². The molecule has 1 unspecified atom stereocenters. The molecule has 0 amide bonds. The number of aliphatic hydroxyl groups is 1. The van der Waals surface area contributed by atoms with Gasteiger partial charge in [0, 0.05) is 12.8 Å². The van der Waals surface area contributed by atoms with E-state index in [2.05, 4.69) is 135 Å². The van der Waals surface area contributed by atoms with Gasteiger partial charge in [-0.2, -0.15) is 0 Å². The van der Waals surface area contributed by atoms with Crippen molar-refractivity contribution >= 4 is 11.9 Å². The molecule has 0 aliphatic carbocycles. The summed E-state index contributed by atoms with van der Waals surface area (Å²) in [6.45, 7) is 4.07. The van der Waals surface area contributed by atoms with E-state index in [1.165, 1.54) is 283 Å². The van der Waals surface area contributed by atoms with E-state index in [1.54, 1.807) is 0 Å². The summed E-state index contributed by atoms with van der Waals surface area (Å²) in [6.07, 6.45) is 123. The summed E-state index contributed by atoms with van der Waals surface area (Å²) in [7, 11) is 0. The van der Waals surface area contributed by atoms with E-state index >= 15 is 0 Å². The number of unbranched alkanes of at least 4 members (excludes halogenated alkanes) is 48. The van der Waals surface area contributed by atoms with E-state index in [-0.39, 0.29) is 25.2 Å². The van der Waals surface area contributed by atoms with Crippen LogP contribution in [0.15, 0.2) is 122 Å². The molecule has 0 aromatic carbocycles. The SMILES string of the molecule is CC/C=C\C/C=C\C/C=C\C/C=C\C/C=C\C/C=C\C/C=C\C/C=C\C/C=C\C/C=C\CCCCCCCCCCCCC(=O)OC(CO)COC(=O)CCCCCCCCCCCCCCCCCCCCCCCCCCCCCCCCCCCCCCCCC. The second-order valence-electron chi connectivity index (χ2n) is 27.5. The predicted molar refractivity (Wildman–Crippen MR) is 417 cm³/mol. The van der Waals surface area contributed by atoms with Crippen molar-refractivity contribution in [1.82, 2.24) is 0 Å². The number of carbonyl (C=O) groups is 2. The highest BCUT2D eigenvalue weighted by molar-refractivity contribution is 5.70. The van der Waals surface area contributed by atoms with E-state index in [0.717, 1.165) is 103 Å². The minimum atomic E-state index is -0.782. The maximum atomic E-state index is 12.4. The lowest BCUT2D eigenvalue weighted by molar-refractivity contribution is -0.161. The Balaban J connectivity index is 3.46. The van der Waals surface area contributed by atoms with Crippen molar-refractivity contribution in [2.24, 2.45) is 0 Å². The summed E-state index contributed by atoms with van der Waals surface area (Å²) in [5.41, 5.74) is 0. The number of aliphatic hydroxyl groups excluding tert-OH is 1. The first kappa shape index (κ1) is 90.3.